The number of aromatic nitrogens is 2. The van der Waals surface area contributed by atoms with Gasteiger partial charge in [0.25, 0.3) is 10.0 Å². The summed E-state index contributed by atoms with van der Waals surface area (Å²) in [6.07, 6.45) is 1.94. The van der Waals surface area contributed by atoms with Gasteiger partial charge in [0.2, 0.25) is 5.89 Å². The zero-order chi connectivity index (χ0) is 14.3. The Morgan fingerprint density at radius 1 is 1.35 bits per heavy atom. The highest BCUT2D eigenvalue weighted by Crippen LogP contribution is 2.39. The van der Waals surface area contributed by atoms with Crippen molar-refractivity contribution in [1.29, 1.82) is 0 Å². The molecule has 1 aromatic carbocycles. The van der Waals surface area contributed by atoms with E-state index < -0.39 is 15.8 Å². The first kappa shape index (κ1) is 13.5. The van der Waals surface area contributed by atoms with Gasteiger partial charge >= 0.3 is 6.01 Å². The number of nitrogens with one attached hydrogen (secondary N) is 1. The van der Waals surface area contributed by atoms with Crippen LogP contribution < -0.4 is 4.72 Å². The molecule has 1 aliphatic rings. The van der Waals surface area contributed by atoms with E-state index in [2.05, 4.69) is 30.8 Å². The second-order valence-electron chi connectivity index (χ2n) is 4.40. The molecule has 0 unspecified atom stereocenters. The second kappa shape index (κ2) is 4.81. The van der Waals surface area contributed by atoms with E-state index in [-0.39, 0.29) is 21.3 Å². The van der Waals surface area contributed by atoms with Gasteiger partial charge in [0.05, 0.1) is 0 Å². The van der Waals surface area contributed by atoms with Crippen LogP contribution in [0.15, 0.2) is 32.0 Å². The van der Waals surface area contributed by atoms with E-state index >= 15 is 0 Å². The molecular weight excluding hydrogens is 353 g/mol. The van der Waals surface area contributed by atoms with Crippen molar-refractivity contribution in [1.82, 2.24) is 10.2 Å². The topological polar surface area (TPSA) is 85.1 Å². The molecule has 106 valence electrons. The van der Waals surface area contributed by atoms with Gasteiger partial charge in [-0.05, 0) is 47.0 Å². The molecule has 2 aromatic rings. The molecule has 1 aliphatic carbocycles. The average Bonchev–Trinajstić information content (AvgIpc) is 3.10. The molecule has 20 heavy (non-hydrogen) atoms. The van der Waals surface area contributed by atoms with Gasteiger partial charge in [-0.15, -0.1) is 5.10 Å². The lowest BCUT2D eigenvalue weighted by molar-refractivity contribution is 0.510. The van der Waals surface area contributed by atoms with Crippen molar-refractivity contribution in [2.24, 2.45) is 0 Å². The number of hydrogen-bond acceptors (Lipinski definition) is 5. The Balaban J connectivity index is 1.87. The molecule has 9 heteroatoms. The Morgan fingerprint density at radius 3 is 2.75 bits per heavy atom. The lowest BCUT2D eigenvalue weighted by Crippen LogP contribution is -2.14. The van der Waals surface area contributed by atoms with E-state index in [4.69, 9.17) is 4.42 Å². The maximum absolute atomic E-state index is 13.0. The minimum atomic E-state index is -3.91. The van der Waals surface area contributed by atoms with Crippen LogP contribution in [0.5, 0.6) is 0 Å². The van der Waals surface area contributed by atoms with Crippen LogP contribution in [0.4, 0.5) is 10.4 Å². The summed E-state index contributed by atoms with van der Waals surface area (Å²) in [4.78, 5) is -0.106. The fourth-order valence-corrected chi connectivity index (χ4v) is 3.61. The number of sulfonamides is 1. The van der Waals surface area contributed by atoms with Gasteiger partial charge in [0, 0.05) is 10.4 Å². The molecule has 0 aliphatic heterocycles. The van der Waals surface area contributed by atoms with Gasteiger partial charge < -0.3 is 4.42 Å². The number of anilines is 1. The third-order valence-corrected chi connectivity index (χ3v) is 5.07. The number of rotatable bonds is 4. The molecule has 0 saturated heterocycles. The summed E-state index contributed by atoms with van der Waals surface area (Å²) in [5.74, 6) is 0.129. The highest BCUT2D eigenvalue weighted by Gasteiger charge is 2.30. The zero-order valence-electron chi connectivity index (χ0n) is 10.0. The second-order valence-corrected chi connectivity index (χ2v) is 6.91. The summed E-state index contributed by atoms with van der Waals surface area (Å²) in [6, 6.07) is 3.09. The molecule has 0 atom stereocenters. The van der Waals surface area contributed by atoms with Gasteiger partial charge in [-0.3, -0.25) is 0 Å². The van der Waals surface area contributed by atoms with E-state index in [0.717, 1.165) is 31.0 Å². The predicted octanol–water partition coefficient (Wildman–Crippen LogP) is 2.65. The fourth-order valence-electron chi connectivity index (χ4n) is 1.63. The molecular formula is C11H9BrFN3O3S. The number of hydrogen-bond donors (Lipinski definition) is 1. The summed E-state index contributed by atoms with van der Waals surface area (Å²) in [6.45, 7) is 0. The van der Waals surface area contributed by atoms with Crippen molar-refractivity contribution in [2.75, 3.05) is 4.72 Å². The molecule has 1 N–H and O–H groups in total. The van der Waals surface area contributed by atoms with E-state index in [1.165, 1.54) is 0 Å². The SMILES string of the molecule is O=S(=O)(Nc1nnc(C2CC2)o1)c1ccc(F)cc1Br. The van der Waals surface area contributed by atoms with Crippen molar-refractivity contribution in [3.8, 4) is 0 Å². The number of benzene rings is 1. The molecule has 1 heterocycles. The van der Waals surface area contributed by atoms with Gasteiger partial charge in [-0.25, -0.2) is 17.5 Å². The third kappa shape index (κ3) is 2.68. The monoisotopic (exact) mass is 361 g/mol. The first-order valence-electron chi connectivity index (χ1n) is 5.77. The highest BCUT2D eigenvalue weighted by molar-refractivity contribution is 9.10. The van der Waals surface area contributed by atoms with Crippen LogP contribution in [-0.4, -0.2) is 18.6 Å². The molecule has 0 radical (unpaired) electrons. The van der Waals surface area contributed by atoms with E-state index in [0.29, 0.717) is 5.89 Å². The predicted molar refractivity (Wildman–Crippen MR) is 71.2 cm³/mol. The molecule has 6 nitrogen and oxygen atoms in total. The number of nitrogens with zero attached hydrogens (tertiary/aromatic N) is 2. The standard InChI is InChI=1S/C11H9BrFN3O3S/c12-8-5-7(13)3-4-9(8)20(17,18)16-11-15-14-10(19-11)6-1-2-6/h3-6H,1-2H2,(H,15,16). The molecule has 1 saturated carbocycles. The Labute approximate surface area is 122 Å². The van der Waals surface area contributed by atoms with Crippen LogP contribution in [-0.2, 0) is 10.0 Å². The van der Waals surface area contributed by atoms with Crippen molar-refractivity contribution < 1.29 is 17.2 Å². The minimum absolute atomic E-state index is 0.106. The first-order valence-corrected chi connectivity index (χ1v) is 8.04. The zero-order valence-corrected chi connectivity index (χ0v) is 12.4. The Kier molecular flexibility index (Phi) is 3.25. The molecule has 0 amide bonds. The summed E-state index contributed by atoms with van der Waals surface area (Å²) < 4.78 is 44.8. The summed E-state index contributed by atoms with van der Waals surface area (Å²) in [5.41, 5.74) is 0. The van der Waals surface area contributed by atoms with Crippen LogP contribution in [0.3, 0.4) is 0 Å². The van der Waals surface area contributed by atoms with Crippen LogP contribution in [0.25, 0.3) is 0 Å². The molecule has 1 aromatic heterocycles. The van der Waals surface area contributed by atoms with Gasteiger partial charge in [-0.2, -0.15) is 0 Å². The fraction of sp³-hybridized carbons (Fsp3) is 0.273. The Hall–Kier alpha value is -1.48. The Bertz CT molecular complexity index is 758. The van der Waals surface area contributed by atoms with Gasteiger partial charge in [0.1, 0.15) is 10.7 Å². The van der Waals surface area contributed by atoms with E-state index in [1.807, 2.05) is 0 Å². The maximum Gasteiger partial charge on any atom is 0.329 e. The van der Waals surface area contributed by atoms with Crippen molar-refractivity contribution in [2.45, 2.75) is 23.7 Å². The lowest BCUT2D eigenvalue weighted by atomic mass is 10.3. The summed E-state index contributed by atoms with van der Waals surface area (Å²) >= 11 is 3.01. The van der Waals surface area contributed by atoms with Crippen LogP contribution >= 0.6 is 15.9 Å². The van der Waals surface area contributed by atoms with E-state index in [1.54, 1.807) is 0 Å². The van der Waals surface area contributed by atoms with Gasteiger partial charge in [-0.1, -0.05) is 5.10 Å². The average molecular weight is 362 g/mol. The van der Waals surface area contributed by atoms with Crippen molar-refractivity contribution in [3.63, 3.8) is 0 Å². The third-order valence-electron chi connectivity index (χ3n) is 2.77. The van der Waals surface area contributed by atoms with E-state index in [9.17, 15) is 12.8 Å². The largest absolute Gasteiger partial charge is 0.407 e. The van der Waals surface area contributed by atoms with Gasteiger partial charge in [0.15, 0.2) is 0 Å². The molecule has 1 fully saturated rings. The molecule has 3 rings (SSSR count). The minimum Gasteiger partial charge on any atom is -0.407 e. The molecule has 0 spiro atoms. The lowest BCUT2D eigenvalue weighted by Gasteiger charge is -2.06. The smallest absolute Gasteiger partial charge is 0.329 e. The maximum atomic E-state index is 13.0. The van der Waals surface area contributed by atoms with Crippen molar-refractivity contribution >= 4 is 32.0 Å². The van der Waals surface area contributed by atoms with Crippen molar-refractivity contribution in [3.05, 3.63) is 34.4 Å². The normalized spacial score (nSPS) is 15.3. The van der Waals surface area contributed by atoms with Crippen LogP contribution in [0, 0.1) is 5.82 Å². The van der Waals surface area contributed by atoms with Crippen LogP contribution in [0.1, 0.15) is 24.7 Å². The summed E-state index contributed by atoms with van der Waals surface area (Å²) in [7, 11) is -3.91. The molecule has 0 bridgehead atoms. The van der Waals surface area contributed by atoms with Crippen LogP contribution in [0.2, 0.25) is 0 Å². The first-order chi connectivity index (χ1) is 9.45. The summed E-state index contributed by atoms with van der Waals surface area (Å²) in [5, 5.41) is 7.42. The Morgan fingerprint density at radius 2 is 2.10 bits per heavy atom. The number of halogens is 2. The highest BCUT2D eigenvalue weighted by atomic mass is 79.9. The quantitative estimate of drug-likeness (QED) is 0.904.